The number of benzene rings is 2. The first-order valence-corrected chi connectivity index (χ1v) is 13.9. The minimum absolute atomic E-state index is 0.00429. The molecule has 10 N–H and O–H groups in total. The van der Waals surface area contributed by atoms with E-state index in [1.807, 2.05) is 0 Å². The molecule has 2 aliphatic heterocycles. The van der Waals surface area contributed by atoms with Crippen molar-refractivity contribution < 1.29 is 84.0 Å². The fourth-order valence-electron chi connectivity index (χ4n) is 5.13. The maximum atomic E-state index is 11.6. The van der Waals surface area contributed by atoms with Gasteiger partial charge in [-0.2, -0.15) is 0 Å². The molecule has 2 saturated heterocycles. The van der Waals surface area contributed by atoms with Gasteiger partial charge in [-0.05, 0) is 6.92 Å². The van der Waals surface area contributed by atoms with Gasteiger partial charge in [0.15, 0.2) is 29.6 Å². The molecule has 0 unspecified atom stereocenters. The minimum atomic E-state index is -1.90. The summed E-state index contributed by atoms with van der Waals surface area (Å²) in [6.07, 6.45) is -15.7. The SMILES string of the molecule is CC(=O)O[C@@H]1[C@H](OC[C@H]2O[C@@H](Oc3cc4c(O)cc(O)cc4[o+]c3-c3cc(O)c(O)c(O)c3)[C@H](O)[C@@H](O)[C@@H]2O)O[C@@H](C)[C@H](O)[C@H]1O. The van der Waals surface area contributed by atoms with Crippen LogP contribution < -0.4 is 4.74 Å². The van der Waals surface area contributed by atoms with Gasteiger partial charge < -0.3 is 74.7 Å². The Hall–Kier alpha value is -4.20. The number of aromatic hydroxyl groups is 5. The number of aliphatic hydroxyl groups is 5. The number of aliphatic hydroxyl groups excluding tert-OH is 5. The summed E-state index contributed by atoms with van der Waals surface area (Å²) < 4.78 is 33.6. The summed E-state index contributed by atoms with van der Waals surface area (Å²) in [6.45, 7) is 1.92. The van der Waals surface area contributed by atoms with Gasteiger partial charge in [0.1, 0.15) is 53.5 Å². The predicted octanol–water partition coefficient (Wildman–Crippen LogP) is -0.490. The van der Waals surface area contributed by atoms with Crippen molar-refractivity contribution in [2.75, 3.05) is 6.61 Å². The standard InChI is InChI=1S/C29H32O17/c1-9-20(35)24(39)27(43-10(2)30)29(42-9)41-8-19-22(37)23(38)25(40)28(46-19)45-18-7-13-14(32)5-12(31)6-17(13)44-26(18)11-3-15(33)21(36)16(34)4-11/h3-7,9,19-20,22-25,27-29,35,37-40H,8H2,1-2H3,(H4-,31,32,33,34,36)/p+1/t9-,19+,20-,22+,23-,24+,25+,27-,28+,29+/m0/s1. The lowest BCUT2D eigenvalue weighted by Gasteiger charge is -2.43. The van der Waals surface area contributed by atoms with Crippen LogP contribution in [0, 0.1) is 0 Å². The number of hydrogen-bond acceptors (Lipinski definition) is 16. The zero-order valence-electron chi connectivity index (χ0n) is 24.2. The van der Waals surface area contributed by atoms with Gasteiger partial charge in [0.25, 0.3) is 0 Å². The second kappa shape index (κ2) is 12.9. The van der Waals surface area contributed by atoms with Gasteiger partial charge in [-0.15, -0.1) is 0 Å². The highest BCUT2D eigenvalue weighted by Crippen LogP contribution is 2.45. The molecule has 250 valence electrons. The molecule has 0 aliphatic carbocycles. The number of rotatable bonds is 7. The molecule has 0 bridgehead atoms. The summed E-state index contributed by atoms with van der Waals surface area (Å²) in [5.74, 6) is -4.53. The van der Waals surface area contributed by atoms with Crippen LogP contribution in [0.15, 0.2) is 34.7 Å². The van der Waals surface area contributed by atoms with Crippen LogP contribution in [0.4, 0.5) is 0 Å². The Morgan fingerprint density at radius 1 is 0.804 bits per heavy atom. The number of hydrogen-bond donors (Lipinski definition) is 10. The average molecular weight is 654 g/mol. The summed E-state index contributed by atoms with van der Waals surface area (Å²) in [6, 6.07) is 5.36. The van der Waals surface area contributed by atoms with Gasteiger partial charge in [-0.1, -0.05) is 0 Å². The zero-order chi connectivity index (χ0) is 33.6. The third kappa shape index (κ3) is 6.39. The van der Waals surface area contributed by atoms with Crippen molar-refractivity contribution in [3.63, 3.8) is 0 Å². The van der Waals surface area contributed by atoms with Crippen molar-refractivity contribution in [1.29, 1.82) is 0 Å². The van der Waals surface area contributed by atoms with E-state index in [1.54, 1.807) is 0 Å². The van der Waals surface area contributed by atoms with E-state index in [4.69, 9.17) is 28.1 Å². The van der Waals surface area contributed by atoms with Crippen molar-refractivity contribution >= 4 is 16.9 Å². The van der Waals surface area contributed by atoms with Gasteiger partial charge in [0, 0.05) is 31.2 Å². The lowest BCUT2D eigenvalue weighted by molar-refractivity contribution is -0.320. The van der Waals surface area contributed by atoms with E-state index < -0.39 is 97.0 Å². The normalized spacial score (nSPS) is 31.5. The highest BCUT2D eigenvalue weighted by Gasteiger charge is 2.49. The molecule has 0 amide bonds. The average Bonchev–Trinajstić information content (AvgIpc) is 2.99. The smallest absolute Gasteiger partial charge is 0.402 e. The number of carbonyl (C=O) groups is 1. The van der Waals surface area contributed by atoms with Crippen molar-refractivity contribution in [1.82, 2.24) is 0 Å². The lowest BCUT2D eigenvalue weighted by Crippen LogP contribution is -2.62. The second-order valence-corrected chi connectivity index (χ2v) is 10.9. The van der Waals surface area contributed by atoms with Crippen LogP contribution in [-0.2, 0) is 23.7 Å². The van der Waals surface area contributed by atoms with Gasteiger partial charge >= 0.3 is 17.3 Å². The Kier molecular flexibility index (Phi) is 9.30. The summed E-state index contributed by atoms with van der Waals surface area (Å²) in [4.78, 5) is 11.6. The molecule has 17 heteroatoms. The van der Waals surface area contributed by atoms with Crippen molar-refractivity contribution in [3.05, 3.63) is 30.3 Å². The Labute approximate surface area is 259 Å². The van der Waals surface area contributed by atoms with Crippen LogP contribution >= 0.6 is 0 Å². The Morgan fingerprint density at radius 2 is 1.48 bits per heavy atom. The number of phenols is 5. The molecule has 5 rings (SSSR count). The van der Waals surface area contributed by atoms with Crippen LogP contribution in [0.5, 0.6) is 34.5 Å². The minimum Gasteiger partial charge on any atom is -0.507 e. The fourth-order valence-corrected chi connectivity index (χ4v) is 5.13. The molecule has 10 atom stereocenters. The Balaban J connectivity index is 1.45. The Morgan fingerprint density at radius 3 is 2.13 bits per heavy atom. The number of fused-ring (bicyclic) bond motifs is 1. The van der Waals surface area contributed by atoms with Crippen molar-refractivity contribution in [2.45, 2.75) is 75.3 Å². The van der Waals surface area contributed by atoms with Crippen molar-refractivity contribution in [3.8, 4) is 45.8 Å². The van der Waals surface area contributed by atoms with Crippen molar-refractivity contribution in [2.24, 2.45) is 0 Å². The van der Waals surface area contributed by atoms with E-state index in [0.717, 1.165) is 31.2 Å². The molecule has 2 aromatic carbocycles. The van der Waals surface area contributed by atoms with E-state index in [2.05, 4.69) is 0 Å². The number of esters is 1. The quantitative estimate of drug-likeness (QED) is 0.0875. The van der Waals surface area contributed by atoms with E-state index in [9.17, 15) is 55.9 Å². The van der Waals surface area contributed by atoms with Crippen LogP contribution in [0.25, 0.3) is 22.3 Å². The molecule has 2 fully saturated rings. The maximum Gasteiger partial charge on any atom is 0.402 e. The van der Waals surface area contributed by atoms with E-state index in [0.29, 0.717) is 0 Å². The summed E-state index contributed by atoms with van der Waals surface area (Å²) >= 11 is 0. The highest BCUT2D eigenvalue weighted by atomic mass is 16.7. The van der Waals surface area contributed by atoms with Gasteiger partial charge in [0.2, 0.25) is 12.0 Å². The number of carbonyl (C=O) groups excluding carboxylic acids is 1. The first-order valence-electron chi connectivity index (χ1n) is 13.9. The van der Waals surface area contributed by atoms with Crippen LogP contribution in [0.1, 0.15) is 13.8 Å². The number of ether oxygens (including phenoxy) is 5. The summed E-state index contributed by atoms with van der Waals surface area (Å²) in [7, 11) is 0. The topological polar surface area (TPSA) is 277 Å². The van der Waals surface area contributed by atoms with Gasteiger partial charge in [-0.3, -0.25) is 4.79 Å². The van der Waals surface area contributed by atoms with E-state index in [1.165, 1.54) is 13.0 Å². The van der Waals surface area contributed by atoms with Gasteiger partial charge in [0.05, 0.1) is 24.3 Å². The van der Waals surface area contributed by atoms with E-state index >= 15 is 0 Å². The molecule has 2 aliphatic rings. The number of phenolic OH excluding ortho intramolecular Hbond substituents is 5. The van der Waals surface area contributed by atoms with Crippen LogP contribution in [-0.4, -0.2) is 125 Å². The summed E-state index contributed by atoms with van der Waals surface area (Å²) in [5, 5.41) is 103. The molecule has 0 radical (unpaired) electrons. The molecule has 17 nitrogen and oxygen atoms in total. The first-order chi connectivity index (χ1) is 21.7. The van der Waals surface area contributed by atoms with Crippen LogP contribution in [0.2, 0.25) is 0 Å². The Bertz CT molecular complexity index is 1570. The maximum absolute atomic E-state index is 11.6. The molecule has 46 heavy (non-hydrogen) atoms. The zero-order valence-corrected chi connectivity index (χ0v) is 24.2. The molecule has 0 saturated carbocycles. The monoisotopic (exact) mass is 653 g/mol. The molecule has 1 aromatic heterocycles. The molecule has 3 heterocycles. The summed E-state index contributed by atoms with van der Waals surface area (Å²) in [5.41, 5.74) is -0.172. The third-order valence-corrected chi connectivity index (χ3v) is 7.57. The third-order valence-electron chi connectivity index (χ3n) is 7.57. The lowest BCUT2D eigenvalue weighted by atomic mass is 9.98. The second-order valence-electron chi connectivity index (χ2n) is 10.9. The molecule has 3 aromatic rings. The first kappa shape index (κ1) is 33.2. The van der Waals surface area contributed by atoms with E-state index in [-0.39, 0.29) is 33.8 Å². The van der Waals surface area contributed by atoms with Crippen LogP contribution in [0.3, 0.4) is 0 Å². The fraction of sp³-hybridized carbons (Fsp3) is 0.448. The van der Waals surface area contributed by atoms with Gasteiger partial charge in [-0.25, -0.2) is 4.42 Å². The largest absolute Gasteiger partial charge is 0.507 e. The molecular weight excluding hydrogens is 620 g/mol. The highest BCUT2D eigenvalue weighted by molar-refractivity contribution is 5.88. The predicted molar refractivity (Wildman–Crippen MR) is 150 cm³/mol. The molecular formula is C29H33O17+. The molecule has 0 spiro atoms.